The van der Waals surface area contributed by atoms with E-state index >= 15 is 0 Å². The number of pyridine rings is 1. The summed E-state index contributed by atoms with van der Waals surface area (Å²) in [6.07, 6.45) is -0.754. The minimum atomic E-state index is -0.754. The topological polar surface area (TPSA) is 50.2 Å². The van der Waals surface area contributed by atoms with Gasteiger partial charge in [0.25, 0.3) is 0 Å². The van der Waals surface area contributed by atoms with Gasteiger partial charge in [0.1, 0.15) is 5.15 Å². The zero-order valence-corrected chi connectivity index (χ0v) is 11.5. The Balaban J connectivity index is 3.62. The first kappa shape index (κ1) is 13.0. The predicted octanol–water partition coefficient (Wildman–Crippen LogP) is 0.992. The summed E-state index contributed by atoms with van der Waals surface area (Å²) in [5.74, 6) is -0.197. The molecule has 3 atom stereocenters. The fourth-order valence-electron chi connectivity index (χ4n) is 1.37. The van der Waals surface area contributed by atoms with E-state index in [2.05, 4.69) is 23.5 Å². The standard InChI is InChI=1S/C9H12ClNO2P2/c1-3(12)5-6(4(2)13)8(10)11-9(15)7(5)14/h3,12H,14-15H2,1-2H3. The maximum atomic E-state index is 11.4. The SMILES string of the molecule is CC(=O)c1c(Cl)nc(P)c(P)c1C(C)O. The molecule has 0 aliphatic heterocycles. The second-order valence-electron chi connectivity index (χ2n) is 3.22. The Bertz CT molecular complexity index is 421. The smallest absolute Gasteiger partial charge is 0.163 e. The van der Waals surface area contributed by atoms with Crippen molar-refractivity contribution in [1.29, 1.82) is 0 Å². The molecule has 1 rings (SSSR count). The molecule has 82 valence electrons. The van der Waals surface area contributed by atoms with E-state index in [0.29, 0.717) is 21.9 Å². The highest BCUT2D eigenvalue weighted by atomic mass is 35.5. The number of nitrogens with zero attached hydrogens (tertiary/aromatic N) is 1. The van der Waals surface area contributed by atoms with Crippen LogP contribution < -0.4 is 10.7 Å². The molecule has 0 saturated heterocycles. The number of hydrogen-bond donors (Lipinski definition) is 1. The Morgan fingerprint density at radius 2 is 2.07 bits per heavy atom. The molecule has 3 unspecified atom stereocenters. The van der Waals surface area contributed by atoms with Crippen LogP contribution >= 0.6 is 30.1 Å². The number of halogens is 1. The van der Waals surface area contributed by atoms with Crippen molar-refractivity contribution in [3.05, 3.63) is 16.3 Å². The molecule has 0 saturated carbocycles. The van der Waals surface area contributed by atoms with Crippen LogP contribution in [0.3, 0.4) is 0 Å². The first-order valence-electron chi connectivity index (χ1n) is 4.29. The van der Waals surface area contributed by atoms with E-state index in [-0.39, 0.29) is 10.9 Å². The molecular formula is C9H12ClNO2P2. The van der Waals surface area contributed by atoms with Crippen LogP contribution in [0, 0.1) is 0 Å². The van der Waals surface area contributed by atoms with Gasteiger partial charge in [0.2, 0.25) is 0 Å². The molecule has 1 N–H and O–H groups in total. The first-order valence-corrected chi connectivity index (χ1v) is 5.82. The molecule has 1 heterocycles. The molecule has 0 spiro atoms. The second-order valence-corrected chi connectivity index (χ2v) is 4.70. The summed E-state index contributed by atoms with van der Waals surface area (Å²) in [5.41, 5.74) is 1.44. The van der Waals surface area contributed by atoms with Gasteiger partial charge in [-0.05, 0) is 13.8 Å². The number of carbonyl (C=O) groups excluding carboxylic acids is 1. The van der Waals surface area contributed by atoms with Crippen LogP contribution in [-0.4, -0.2) is 15.9 Å². The van der Waals surface area contributed by atoms with Crippen molar-refractivity contribution in [1.82, 2.24) is 4.98 Å². The van der Waals surface area contributed by atoms with Crippen LogP contribution in [-0.2, 0) is 0 Å². The van der Waals surface area contributed by atoms with Crippen molar-refractivity contribution in [2.45, 2.75) is 20.0 Å². The molecule has 0 aliphatic rings. The molecule has 3 nitrogen and oxygen atoms in total. The molecule has 0 bridgehead atoms. The highest BCUT2D eigenvalue weighted by Crippen LogP contribution is 2.23. The number of aliphatic hydroxyl groups excluding tert-OH is 1. The predicted molar refractivity (Wildman–Crippen MR) is 68.6 cm³/mol. The van der Waals surface area contributed by atoms with Crippen LogP contribution in [0.1, 0.15) is 35.9 Å². The lowest BCUT2D eigenvalue weighted by atomic mass is 10.0. The number of carbonyl (C=O) groups is 1. The minimum absolute atomic E-state index is 0.134. The molecule has 1 aromatic rings. The van der Waals surface area contributed by atoms with E-state index in [4.69, 9.17) is 11.6 Å². The zero-order valence-electron chi connectivity index (χ0n) is 8.41. The summed E-state index contributed by atoms with van der Waals surface area (Å²) in [6, 6.07) is 0. The van der Waals surface area contributed by atoms with Crippen LogP contribution in [0.4, 0.5) is 0 Å². The van der Waals surface area contributed by atoms with Gasteiger partial charge in [-0.25, -0.2) is 4.98 Å². The lowest BCUT2D eigenvalue weighted by Gasteiger charge is -2.15. The van der Waals surface area contributed by atoms with Gasteiger partial charge in [-0.15, -0.1) is 9.24 Å². The number of Topliss-reactive ketones (excluding diaryl/α,β-unsaturated/α-hetero) is 1. The van der Waals surface area contributed by atoms with E-state index in [1.54, 1.807) is 6.92 Å². The fraction of sp³-hybridized carbons (Fsp3) is 0.333. The largest absolute Gasteiger partial charge is 0.389 e. The van der Waals surface area contributed by atoms with Gasteiger partial charge in [0, 0.05) is 10.9 Å². The summed E-state index contributed by atoms with van der Waals surface area (Å²) in [6.45, 7) is 3.00. The van der Waals surface area contributed by atoms with Crippen molar-refractivity contribution < 1.29 is 9.90 Å². The van der Waals surface area contributed by atoms with Crippen molar-refractivity contribution in [3.8, 4) is 0 Å². The quantitative estimate of drug-likeness (QED) is 0.492. The van der Waals surface area contributed by atoms with Gasteiger partial charge in [0.15, 0.2) is 5.78 Å². The number of rotatable bonds is 2. The van der Waals surface area contributed by atoms with Gasteiger partial charge in [-0.3, -0.25) is 4.79 Å². The third-order valence-corrected chi connectivity index (χ3v) is 3.68. The van der Waals surface area contributed by atoms with Crippen molar-refractivity contribution in [2.24, 2.45) is 0 Å². The van der Waals surface area contributed by atoms with Crippen molar-refractivity contribution in [3.63, 3.8) is 0 Å². The third kappa shape index (κ3) is 2.54. The van der Waals surface area contributed by atoms with Crippen LogP contribution in [0.25, 0.3) is 0 Å². The molecule has 0 amide bonds. The third-order valence-electron chi connectivity index (χ3n) is 2.03. The fourth-order valence-corrected chi connectivity index (χ4v) is 2.52. The number of aromatic nitrogens is 1. The van der Waals surface area contributed by atoms with Gasteiger partial charge in [-0.2, -0.15) is 0 Å². The number of hydrogen-bond acceptors (Lipinski definition) is 3. The van der Waals surface area contributed by atoms with E-state index in [9.17, 15) is 9.90 Å². The van der Waals surface area contributed by atoms with Crippen LogP contribution in [0.2, 0.25) is 5.15 Å². The number of aliphatic hydroxyl groups is 1. The molecule has 0 aliphatic carbocycles. The molecule has 0 radical (unpaired) electrons. The molecule has 6 heteroatoms. The summed E-state index contributed by atoms with van der Waals surface area (Å²) in [4.78, 5) is 15.4. The lowest BCUT2D eigenvalue weighted by molar-refractivity contribution is 0.101. The average molecular weight is 264 g/mol. The lowest BCUT2D eigenvalue weighted by Crippen LogP contribution is -2.25. The molecule has 1 aromatic heterocycles. The van der Waals surface area contributed by atoms with E-state index in [0.717, 1.165) is 0 Å². The van der Waals surface area contributed by atoms with Gasteiger partial charge >= 0.3 is 0 Å². The Hall–Kier alpha value is -0.0700. The normalized spacial score (nSPS) is 12.7. The second kappa shape index (κ2) is 4.84. The first-order chi connectivity index (χ1) is 6.86. The highest BCUT2D eigenvalue weighted by molar-refractivity contribution is 7.35. The molecule has 0 aromatic carbocycles. The van der Waals surface area contributed by atoms with Gasteiger partial charge in [0.05, 0.1) is 17.1 Å². The molecule has 0 fully saturated rings. The summed E-state index contributed by atoms with van der Waals surface area (Å²) < 4.78 is 0. The zero-order chi connectivity index (χ0) is 11.7. The van der Waals surface area contributed by atoms with E-state index < -0.39 is 6.10 Å². The van der Waals surface area contributed by atoms with Crippen molar-refractivity contribution >= 4 is 46.6 Å². The summed E-state index contributed by atoms with van der Waals surface area (Å²) in [7, 11) is 4.88. The van der Waals surface area contributed by atoms with Crippen LogP contribution in [0.15, 0.2) is 0 Å². The highest BCUT2D eigenvalue weighted by Gasteiger charge is 2.20. The van der Waals surface area contributed by atoms with E-state index in [1.807, 2.05) is 0 Å². The maximum Gasteiger partial charge on any atom is 0.163 e. The van der Waals surface area contributed by atoms with Crippen LogP contribution in [0.5, 0.6) is 0 Å². The Morgan fingerprint density at radius 1 is 1.53 bits per heavy atom. The molecular weight excluding hydrogens is 252 g/mol. The maximum absolute atomic E-state index is 11.4. The Kier molecular flexibility index (Phi) is 4.20. The minimum Gasteiger partial charge on any atom is -0.389 e. The average Bonchev–Trinajstić information content (AvgIpc) is 2.09. The Labute approximate surface area is 98.0 Å². The van der Waals surface area contributed by atoms with Gasteiger partial charge < -0.3 is 5.11 Å². The van der Waals surface area contributed by atoms with E-state index in [1.165, 1.54) is 6.92 Å². The van der Waals surface area contributed by atoms with Crippen molar-refractivity contribution in [2.75, 3.05) is 0 Å². The number of ketones is 1. The molecule has 15 heavy (non-hydrogen) atoms. The Morgan fingerprint density at radius 3 is 2.47 bits per heavy atom. The monoisotopic (exact) mass is 263 g/mol. The summed E-state index contributed by atoms with van der Waals surface area (Å²) in [5, 5.41) is 10.5. The van der Waals surface area contributed by atoms with Gasteiger partial charge in [-0.1, -0.05) is 20.8 Å². The summed E-state index contributed by atoms with van der Waals surface area (Å²) >= 11 is 5.88.